The summed E-state index contributed by atoms with van der Waals surface area (Å²) in [5.74, 6) is 0.989. The first-order chi connectivity index (χ1) is 7.43. The first kappa shape index (κ1) is 14.9. The fraction of sp³-hybridized carbons (Fsp3) is 0.533. The molecule has 0 aromatic rings. The van der Waals surface area contributed by atoms with Gasteiger partial charge in [-0.15, -0.1) is 0 Å². The van der Waals surface area contributed by atoms with Gasteiger partial charge >= 0.3 is 0 Å². The lowest BCUT2D eigenvalue weighted by Crippen LogP contribution is -2.06. The van der Waals surface area contributed by atoms with Gasteiger partial charge in [-0.2, -0.15) is 0 Å². The van der Waals surface area contributed by atoms with Gasteiger partial charge < -0.3 is 0 Å². The standard InChI is InChI=1S/C15H25N/c1-8-14(12(4)5)15(16-7)10-9-13(6)11(2)3/h8-12H,6H2,1-5,7H3/b10-9-,14-8-,16-15?. The normalized spacial score (nSPS) is 14.2. The van der Waals surface area contributed by atoms with Crippen molar-refractivity contribution in [3.05, 3.63) is 36.0 Å². The molecule has 0 unspecified atom stereocenters. The molecule has 0 radical (unpaired) electrons. The predicted molar refractivity (Wildman–Crippen MR) is 75.1 cm³/mol. The van der Waals surface area contributed by atoms with E-state index in [1.165, 1.54) is 5.57 Å². The molecule has 0 amide bonds. The molecular weight excluding hydrogens is 194 g/mol. The molecule has 0 saturated carbocycles. The quantitative estimate of drug-likeness (QED) is 0.479. The maximum absolute atomic E-state index is 4.33. The fourth-order valence-electron chi connectivity index (χ4n) is 1.46. The lowest BCUT2D eigenvalue weighted by atomic mass is 9.96. The molecule has 0 N–H and O–H groups in total. The molecule has 1 heteroatoms. The zero-order valence-electron chi connectivity index (χ0n) is 11.5. The van der Waals surface area contributed by atoms with Crippen molar-refractivity contribution in [3.63, 3.8) is 0 Å². The van der Waals surface area contributed by atoms with Gasteiger partial charge in [0.05, 0.1) is 5.71 Å². The highest BCUT2D eigenvalue weighted by molar-refractivity contribution is 6.08. The summed E-state index contributed by atoms with van der Waals surface area (Å²) in [5.41, 5.74) is 3.48. The summed E-state index contributed by atoms with van der Waals surface area (Å²) in [6.45, 7) is 14.8. The molecule has 0 heterocycles. The van der Waals surface area contributed by atoms with Crippen LogP contribution < -0.4 is 0 Å². The molecule has 0 aromatic heterocycles. The molecule has 0 aromatic carbocycles. The van der Waals surface area contributed by atoms with E-state index in [-0.39, 0.29) is 0 Å². The van der Waals surface area contributed by atoms with Crippen LogP contribution in [0.25, 0.3) is 0 Å². The Hall–Kier alpha value is -1.11. The van der Waals surface area contributed by atoms with Gasteiger partial charge in [-0.05, 0) is 30.4 Å². The van der Waals surface area contributed by atoms with Crippen LogP contribution in [0.5, 0.6) is 0 Å². The van der Waals surface area contributed by atoms with Crippen molar-refractivity contribution in [1.29, 1.82) is 0 Å². The van der Waals surface area contributed by atoms with Gasteiger partial charge in [-0.1, -0.05) is 52.0 Å². The number of hydrogen-bond acceptors (Lipinski definition) is 1. The van der Waals surface area contributed by atoms with E-state index in [4.69, 9.17) is 0 Å². The molecule has 0 atom stereocenters. The second-order valence-corrected chi connectivity index (χ2v) is 4.57. The molecule has 0 spiro atoms. The van der Waals surface area contributed by atoms with Crippen molar-refractivity contribution in [1.82, 2.24) is 0 Å². The molecule has 0 aliphatic heterocycles. The summed E-state index contributed by atoms with van der Waals surface area (Å²) < 4.78 is 0. The average molecular weight is 219 g/mol. The summed E-state index contributed by atoms with van der Waals surface area (Å²) in [6, 6.07) is 0. The largest absolute Gasteiger partial charge is 0.288 e. The van der Waals surface area contributed by atoms with Crippen molar-refractivity contribution in [2.45, 2.75) is 34.6 Å². The Balaban J connectivity index is 4.86. The van der Waals surface area contributed by atoms with Crippen LogP contribution >= 0.6 is 0 Å². The molecule has 0 fully saturated rings. The van der Waals surface area contributed by atoms with Gasteiger partial charge in [0.2, 0.25) is 0 Å². The molecule has 0 bridgehead atoms. The zero-order valence-corrected chi connectivity index (χ0v) is 11.5. The highest BCUT2D eigenvalue weighted by Gasteiger charge is 2.06. The maximum atomic E-state index is 4.33. The molecule has 16 heavy (non-hydrogen) atoms. The monoisotopic (exact) mass is 219 g/mol. The Morgan fingerprint density at radius 3 is 1.94 bits per heavy atom. The van der Waals surface area contributed by atoms with E-state index < -0.39 is 0 Å². The van der Waals surface area contributed by atoms with E-state index >= 15 is 0 Å². The third kappa shape index (κ3) is 4.61. The highest BCUT2D eigenvalue weighted by Crippen LogP contribution is 2.14. The number of allylic oxidation sites excluding steroid dienone is 5. The van der Waals surface area contributed by atoms with Crippen molar-refractivity contribution in [2.75, 3.05) is 7.05 Å². The molecule has 0 aliphatic carbocycles. The van der Waals surface area contributed by atoms with Crippen LogP contribution in [0, 0.1) is 11.8 Å². The predicted octanol–water partition coefficient (Wildman–Crippen LogP) is 4.43. The lowest BCUT2D eigenvalue weighted by molar-refractivity contribution is 0.794. The minimum atomic E-state index is 0.488. The van der Waals surface area contributed by atoms with Gasteiger partial charge in [-0.3, -0.25) is 4.99 Å². The fourth-order valence-corrected chi connectivity index (χ4v) is 1.46. The summed E-state index contributed by atoms with van der Waals surface area (Å²) in [5, 5.41) is 0. The first-order valence-corrected chi connectivity index (χ1v) is 5.94. The van der Waals surface area contributed by atoms with E-state index in [1.807, 2.05) is 7.05 Å². The Morgan fingerprint density at radius 2 is 1.62 bits per heavy atom. The number of hydrogen-bond donors (Lipinski definition) is 0. The van der Waals surface area contributed by atoms with Crippen LogP contribution in [0.2, 0.25) is 0 Å². The molecular formula is C15H25N. The second kappa shape index (κ2) is 7.21. The minimum absolute atomic E-state index is 0.488. The van der Waals surface area contributed by atoms with E-state index in [1.54, 1.807) is 0 Å². The van der Waals surface area contributed by atoms with Crippen LogP contribution in [0.4, 0.5) is 0 Å². The van der Waals surface area contributed by atoms with Crippen molar-refractivity contribution >= 4 is 5.71 Å². The summed E-state index contributed by atoms with van der Waals surface area (Å²) >= 11 is 0. The third-order valence-corrected chi connectivity index (χ3v) is 2.67. The summed E-state index contributed by atoms with van der Waals surface area (Å²) in [4.78, 5) is 4.33. The van der Waals surface area contributed by atoms with E-state index in [0.717, 1.165) is 11.3 Å². The molecule has 90 valence electrons. The van der Waals surface area contributed by atoms with Gasteiger partial charge in [0.1, 0.15) is 0 Å². The molecule has 0 rings (SSSR count). The van der Waals surface area contributed by atoms with Crippen LogP contribution in [-0.4, -0.2) is 12.8 Å². The van der Waals surface area contributed by atoms with Crippen molar-refractivity contribution in [2.24, 2.45) is 16.8 Å². The first-order valence-electron chi connectivity index (χ1n) is 5.94. The van der Waals surface area contributed by atoms with Gasteiger partial charge in [0.25, 0.3) is 0 Å². The Kier molecular flexibility index (Phi) is 6.71. The third-order valence-electron chi connectivity index (χ3n) is 2.67. The summed E-state index contributed by atoms with van der Waals surface area (Å²) in [6.07, 6.45) is 6.27. The number of aliphatic imine (C=N–C) groups is 1. The van der Waals surface area contributed by atoms with Crippen molar-refractivity contribution in [3.8, 4) is 0 Å². The molecule has 1 nitrogen and oxygen atoms in total. The Bertz CT molecular complexity index is 314. The highest BCUT2D eigenvalue weighted by atomic mass is 14.7. The SMILES string of the molecule is C=C(/C=C\C(=NC)/C(=C\C)C(C)C)C(C)C. The van der Waals surface area contributed by atoms with Crippen molar-refractivity contribution < 1.29 is 0 Å². The van der Waals surface area contributed by atoms with Crippen LogP contribution in [-0.2, 0) is 0 Å². The zero-order chi connectivity index (χ0) is 12.7. The second-order valence-electron chi connectivity index (χ2n) is 4.57. The Morgan fingerprint density at radius 1 is 1.06 bits per heavy atom. The number of nitrogens with zero attached hydrogens (tertiary/aromatic N) is 1. The average Bonchev–Trinajstić information content (AvgIpc) is 2.22. The maximum Gasteiger partial charge on any atom is 0.0602 e. The van der Waals surface area contributed by atoms with Crippen LogP contribution in [0.1, 0.15) is 34.6 Å². The van der Waals surface area contributed by atoms with E-state index in [9.17, 15) is 0 Å². The van der Waals surface area contributed by atoms with Crippen LogP contribution in [0.3, 0.4) is 0 Å². The molecule has 0 saturated heterocycles. The minimum Gasteiger partial charge on any atom is -0.288 e. The summed E-state index contributed by atoms with van der Waals surface area (Å²) in [7, 11) is 1.84. The Labute approximate surface area is 101 Å². The lowest BCUT2D eigenvalue weighted by Gasteiger charge is -2.11. The van der Waals surface area contributed by atoms with E-state index in [0.29, 0.717) is 11.8 Å². The topological polar surface area (TPSA) is 12.4 Å². The number of rotatable bonds is 5. The van der Waals surface area contributed by atoms with Crippen LogP contribution in [0.15, 0.2) is 40.9 Å². The molecule has 0 aliphatic rings. The van der Waals surface area contributed by atoms with Gasteiger partial charge in [0, 0.05) is 7.05 Å². The van der Waals surface area contributed by atoms with E-state index in [2.05, 4.69) is 64.4 Å². The van der Waals surface area contributed by atoms with Gasteiger partial charge in [0.15, 0.2) is 0 Å². The smallest absolute Gasteiger partial charge is 0.0602 e. The van der Waals surface area contributed by atoms with Gasteiger partial charge in [-0.25, -0.2) is 0 Å².